The van der Waals surface area contributed by atoms with E-state index in [9.17, 15) is 13.2 Å². The number of hydrogen-bond donors (Lipinski definition) is 1. The van der Waals surface area contributed by atoms with Crippen molar-refractivity contribution in [1.82, 2.24) is 4.31 Å². The van der Waals surface area contributed by atoms with Gasteiger partial charge in [-0.05, 0) is 55.2 Å². The van der Waals surface area contributed by atoms with E-state index in [4.69, 9.17) is 4.74 Å². The summed E-state index contributed by atoms with van der Waals surface area (Å²) in [6.45, 7) is 0. The third kappa shape index (κ3) is 3.67. The summed E-state index contributed by atoms with van der Waals surface area (Å²) in [5.74, 6) is 2.32. The Morgan fingerprint density at radius 3 is 2.60 bits per heavy atom. The average Bonchev–Trinajstić information content (AvgIpc) is 3.17. The first kappa shape index (κ1) is 18.2. The highest BCUT2D eigenvalue weighted by molar-refractivity contribution is 7.89. The van der Waals surface area contributed by atoms with Crippen LogP contribution in [0.3, 0.4) is 0 Å². The number of anilines is 1. The van der Waals surface area contributed by atoms with Crippen LogP contribution in [0.5, 0.6) is 5.75 Å². The standard InChI is InChI=1S/C18H26N2O4S/c1-20(2)25(22,23)15-6-7-17(24-3)16(11-15)19-18(21)10-14-9-12-4-5-13(14)8-12/h6-7,11-14H,4-5,8-10H2,1-3H3,(H,19,21)/t12-,13+,14-/m0/s1. The molecule has 0 unspecified atom stereocenters. The Hall–Kier alpha value is -1.60. The van der Waals surface area contributed by atoms with Crippen LogP contribution in [0.15, 0.2) is 23.1 Å². The zero-order valence-electron chi connectivity index (χ0n) is 15.0. The molecule has 138 valence electrons. The molecule has 3 rings (SSSR count). The number of carbonyl (C=O) groups is 1. The summed E-state index contributed by atoms with van der Waals surface area (Å²) in [5.41, 5.74) is 0.401. The molecule has 2 saturated carbocycles. The number of carbonyl (C=O) groups excluding carboxylic acids is 1. The highest BCUT2D eigenvalue weighted by Crippen LogP contribution is 2.49. The van der Waals surface area contributed by atoms with Crippen LogP contribution in [0.4, 0.5) is 5.69 Å². The van der Waals surface area contributed by atoms with Gasteiger partial charge in [0.1, 0.15) is 5.75 Å². The molecule has 0 aliphatic heterocycles. The van der Waals surface area contributed by atoms with E-state index in [0.29, 0.717) is 29.7 Å². The van der Waals surface area contributed by atoms with E-state index in [1.54, 1.807) is 6.07 Å². The maximum atomic E-state index is 12.5. The number of nitrogens with zero attached hydrogens (tertiary/aromatic N) is 1. The summed E-state index contributed by atoms with van der Waals surface area (Å²) >= 11 is 0. The lowest BCUT2D eigenvalue weighted by Gasteiger charge is -2.21. The predicted molar refractivity (Wildman–Crippen MR) is 96.1 cm³/mol. The van der Waals surface area contributed by atoms with E-state index in [1.807, 2.05) is 0 Å². The third-order valence-corrected chi connectivity index (χ3v) is 7.37. The van der Waals surface area contributed by atoms with Gasteiger partial charge in [0, 0.05) is 20.5 Å². The first-order valence-corrected chi connectivity index (χ1v) is 10.2. The molecule has 1 amide bonds. The Kier molecular flexibility index (Phi) is 5.06. The SMILES string of the molecule is COc1ccc(S(=O)(=O)N(C)C)cc1NC(=O)C[C@@H]1C[C@H]2CC[C@@H]1C2. The minimum Gasteiger partial charge on any atom is -0.495 e. The molecule has 2 fully saturated rings. The molecule has 7 heteroatoms. The molecule has 2 bridgehead atoms. The monoisotopic (exact) mass is 366 g/mol. The molecule has 6 nitrogen and oxygen atoms in total. The van der Waals surface area contributed by atoms with Gasteiger partial charge in [0.05, 0.1) is 17.7 Å². The Balaban J connectivity index is 1.75. The number of sulfonamides is 1. The van der Waals surface area contributed by atoms with Crippen molar-refractivity contribution in [2.24, 2.45) is 17.8 Å². The molecule has 0 radical (unpaired) electrons. The number of benzene rings is 1. The molecule has 0 saturated heterocycles. The Morgan fingerprint density at radius 1 is 1.28 bits per heavy atom. The van der Waals surface area contributed by atoms with E-state index < -0.39 is 10.0 Å². The molecule has 1 N–H and O–H groups in total. The second-order valence-corrected chi connectivity index (χ2v) is 9.49. The molecule has 1 aromatic carbocycles. The topological polar surface area (TPSA) is 75.7 Å². The molecular formula is C18H26N2O4S. The number of rotatable bonds is 6. The number of ether oxygens (including phenoxy) is 1. The highest BCUT2D eigenvalue weighted by Gasteiger charge is 2.40. The Labute approximate surface area is 149 Å². The van der Waals surface area contributed by atoms with Crippen molar-refractivity contribution in [1.29, 1.82) is 0 Å². The van der Waals surface area contributed by atoms with Crippen molar-refractivity contribution in [2.45, 2.75) is 37.0 Å². The van der Waals surface area contributed by atoms with Gasteiger partial charge in [-0.1, -0.05) is 6.42 Å². The van der Waals surface area contributed by atoms with E-state index in [0.717, 1.165) is 16.6 Å². The second kappa shape index (κ2) is 6.96. The molecule has 1 aromatic rings. The van der Waals surface area contributed by atoms with Gasteiger partial charge in [0.2, 0.25) is 15.9 Å². The van der Waals surface area contributed by atoms with Gasteiger partial charge in [-0.25, -0.2) is 12.7 Å². The fraction of sp³-hybridized carbons (Fsp3) is 0.611. The lowest BCUT2D eigenvalue weighted by molar-refractivity contribution is -0.117. The number of nitrogens with one attached hydrogen (secondary N) is 1. The van der Waals surface area contributed by atoms with Gasteiger partial charge in [0.15, 0.2) is 0 Å². The van der Waals surface area contributed by atoms with Gasteiger partial charge in [0.25, 0.3) is 0 Å². The van der Waals surface area contributed by atoms with Crippen LogP contribution in [-0.2, 0) is 14.8 Å². The first-order chi connectivity index (χ1) is 11.8. The highest BCUT2D eigenvalue weighted by atomic mass is 32.2. The van der Waals surface area contributed by atoms with Crippen LogP contribution in [0, 0.1) is 17.8 Å². The zero-order chi connectivity index (χ0) is 18.2. The Morgan fingerprint density at radius 2 is 2.04 bits per heavy atom. The normalized spacial score (nSPS) is 25.4. The fourth-order valence-electron chi connectivity index (χ4n) is 4.22. The minimum atomic E-state index is -3.56. The van der Waals surface area contributed by atoms with Crippen molar-refractivity contribution < 1.29 is 17.9 Å². The van der Waals surface area contributed by atoms with Crippen LogP contribution in [0.2, 0.25) is 0 Å². The number of fused-ring (bicyclic) bond motifs is 2. The van der Waals surface area contributed by atoms with E-state index in [-0.39, 0.29) is 10.8 Å². The molecule has 0 heterocycles. The summed E-state index contributed by atoms with van der Waals surface area (Å²) < 4.78 is 31.0. The van der Waals surface area contributed by atoms with Crippen LogP contribution in [-0.4, -0.2) is 39.8 Å². The summed E-state index contributed by atoms with van der Waals surface area (Å²) in [5, 5.41) is 2.85. The molecule has 2 aliphatic rings. The van der Waals surface area contributed by atoms with E-state index in [1.165, 1.54) is 52.6 Å². The lowest BCUT2D eigenvalue weighted by Crippen LogP contribution is -2.23. The van der Waals surface area contributed by atoms with Crippen molar-refractivity contribution in [3.8, 4) is 5.75 Å². The second-order valence-electron chi connectivity index (χ2n) is 7.34. The van der Waals surface area contributed by atoms with Gasteiger partial charge in [-0.2, -0.15) is 0 Å². The van der Waals surface area contributed by atoms with Crippen molar-refractivity contribution in [2.75, 3.05) is 26.5 Å². The van der Waals surface area contributed by atoms with Crippen LogP contribution < -0.4 is 10.1 Å². The van der Waals surface area contributed by atoms with Crippen LogP contribution >= 0.6 is 0 Å². The van der Waals surface area contributed by atoms with Crippen molar-refractivity contribution in [3.05, 3.63) is 18.2 Å². The molecule has 25 heavy (non-hydrogen) atoms. The summed E-state index contributed by atoms with van der Waals surface area (Å²) in [4.78, 5) is 12.6. The van der Waals surface area contributed by atoms with Gasteiger partial charge < -0.3 is 10.1 Å². The quantitative estimate of drug-likeness (QED) is 0.840. The van der Waals surface area contributed by atoms with Crippen LogP contribution in [0.25, 0.3) is 0 Å². The predicted octanol–water partition coefficient (Wildman–Crippen LogP) is 2.71. The molecule has 0 aromatic heterocycles. The van der Waals surface area contributed by atoms with E-state index in [2.05, 4.69) is 5.32 Å². The van der Waals surface area contributed by atoms with Gasteiger partial charge in [-0.3, -0.25) is 4.79 Å². The smallest absolute Gasteiger partial charge is 0.242 e. The fourth-order valence-corrected chi connectivity index (χ4v) is 5.15. The number of amides is 1. The third-order valence-electron chi connectivity index (χ3n) is 5.56. The Bertz CT molecular complexity index is 760. The van der Waals surface area contributed by atoms with Crippen molar-refractivity contribution >= 4 is 21.6 Å². The summed E-state index contributed by atoms with van der Waals surface area (Å²) in [6.07, 6.45) is 5.45. The largest absolute Gasteiger partial charge is 0.495 e. The minimum absolute atomic E-state index is 0.0738. The molecule has 3 atom stereocenters. The molecule has 0 spiro atoms. The summed E-state index contributed by atoms with van der Waals surface area (Å²) in [7, 11) is 0.896. The maximum absolute atomic E-state index is 12.5. The maximum Gasteiger partial charge on any atom is 0.242 e. The lowest BCUT2D eigenvalue weighted by atomic mass is 9.86. The first-order valence-electron chi connectivity index (χ1n) is 8.71. The van der Waals surface area contributed by atoms with Gasteiger partial charge >= 0.3 is 0 Å². The molecular weight excluding hydrogens is 340 g/mol. The average molecular weight is 366 g/mol. The zero-order valence-corrected chi connectivity index (χ0v) is 15.8. The van der Waals surface area contributed by atoms with Crippen LogP contribution in [0.1, 0.15) is 32.1 Å². The molecule has 2 aliphatic carbocycles. The van der Waals surface area contributed by atoms with E-state index >= 15 is 0 Å². The summed E-state index contributed by atoms with van der Waals surface area (Å²) in [6, 6.07) is 4.52. The number of hydrogen-bond acceptors (Lipinski definition) is 4. The van der Waals surface area contributed by atoms with Gasteiger partial charge in [-0.15, -0.1) is 0 Å². The number of methoxy groups -OCH3 is 1. The van der Waals surface area contributed by atoms with Crippen molar-refractivity contribution in [3.63, 3.8) is 0 Å².